The van der Waals surface area contributed by atoms with E-state index < -0.39 is 17.6 Å². The molecular formula is C17H15F3N2O2S. The van der Waals surface area contributed by atoms with E-state index in [0.717, 1.165) is 11.6 Å². The zero-order chi connectivity index (χ0) is 18.6. The molecule has 2 aromatic carbocycles. The minimum absolute atomic E-state index is 0.232. The first-order chi connectivity index (χ1) is 11.7. The lowest BCUT2D eigenvalue weighted by Gasteiger charge is -2.16. The number of amides is 1. The van der Waals surface area contributed by atoms with Crippen LogP contribution in [0.4, 0.5) is 18.9 Å². The van der Waals surface area contributed by atoms with Gasteiger partial charge < -0.3 is 10.1 Å². The minimum Gasteiger partial charge on any atom is -0.496 e. The zero-order valence-electron chi connectivity index (χ0n) is 13.4. The minimum atomic E-state index is -4.54. The smallest absolute Gasteiger partial charge is 0.418 e. The van der Waals surface area contributed by atoms with Crippen molar-refractivity contribution >= 4 is 28.9 Å². The van der Waals surface area contributed by atoms with Gasteiger partial charge in [-0.15, -0.1) is 0 Å². The SMILES string of the molecule is COc1c(C)cccc1C(=O)NC(=S)Nc1ccccc1C(F)(F)F. The van der Waals surface area contributed by atoms with Crippen molar-refractivity contribution in [3.8, 4) is 5.75 Å². The summed E-state index contributed by atoms with van der Waals surface area (Å²) in [4.78, 5) is 12.3. The van der Waals surface area contributed by atoms with Crippen LogP contribution in [-0.2, 0) is 6.18 Å². The predicted molar refractivity (Wildman–Crippen MR) is 92.9 cm³/mol. The summed E-state index contributed by atoms with van der Waals surface area (Å²) < 4.78 is 44.1. The molecule has 2 N–H and O–H groups in total. The number of para-hydroxylation sites is 2. The molecule has 8 heteroatoms. The van der Waals surface area contributed by atoms with Gasteiger partial charge in [-0.3, -0.25) is 10.1 Å². The van der Waals surface area contributed by atoms with Crippen LogP contribution in [0, 0.1) is 6.92 Å². The molecule has 0 saturated carbocycles. The summed E-state index contributed by atoms with van der Waals surface area (Å²) in [6.07, 6.45) is -4.54. The first-order valence-corrected chi connectivity index (χ1v) is 7.57. The Balaban J connectivity index is 2.17. The molecule has 1 amide bonds. The van der Waals surface area contributed by atoms with Gasteiger partial charge in [0.05, 0.1) is 23.9 Å². The number of hydrogen-bond acceptors (Lipinski definition) is 3. The van der Waals surface area contributed by atoms with Crippen molar-refractivity contribution in [2.75, 3.05) is 12.4 Å². The maximum absolute atomic E-state index is 13.0. The summed E-state index contributed by atoms with van der Waals surface area (Å²) in [6, 6.07) is 9.84. The molecule has 0 bridgehead atoms. The molecule has 0 aromatic heterocycles. The summed E-state index contributed by atoms with van der Waals surface area (Å²) in [7, 11) is 1.43. The Labute approximate surface area is 148 Å². The van der Waals surface area contributed by atoms with Gasteiger partial charge in [-0.05, 0) is 42.9 Å². The topological polar surface area (TPSA) is 50.4 Å². The van der Waals surface area contributed by atoms with Crippen LogP contribution in [0.25, 0.3) is 0 Å². The number of nitrogens with one attached hydrogen (secondary N) is 2. The maximum atomic E-state index is 13.0. The highest BCUT2D eigenvalue weighted by Gasteiger charge is 2.33. The molecule has 0 unspecified atom stereocenters. The van der Waals surface area contributed by atoms with Gasteiger partial charge in [-0.1, -0.05) is 24.3 Å². The van der Waals surface area contributed by atoms with Gasteiger partial charge in [0.15, 0.2) is 5.11 Å². The van der Waals surface area contributed by atoms with Gasteiger partial charge in [0.2, 0.25) is 0 Å². The van der Waals surface area contributed by atoms with E-state index >= 15 is 0 Å². The highest BCUT2D eigenvalue weighted by atomic mass is 32.1. The molecule has 0 aliphatic carbocycles. The van der Waals surface area contributed by atoms with Gasteiger partial charge in [0, 0.05) is 0 Å². The van der Waals surface area contributed by atoms with E-state index in [2.05, 4.69) is 10.6 Å². The number of anilines is 1. The Kier molecular flexibility index (Phi) is 5.63. The van der Waals surface area contributed by atoms with Crippen molar-refractivity contribution in [1.82, 2.24) is 5.32 Å². The molecule has 2 rings (SSSR count). The molecule has 4 nitrogen and oxygen atoms in total. The third-order valence-electron chi connectivity index (χ3n) is 3.37. The van der Waals surface area contributed by atoms with Crippen molar-refractivity contribution < 1.29 is 22.7 Å². The molecule has 2 aromatic rings. The fourth-order valence-corrected chi connectivity index (χ4v) is 2.47. The van der Waals surface area contributed by atoms with E-state index in [9.17, 15) is 18.0 Å². The lowest BCUT2D eigenvalue weighted by atomic mass is 10.1. The summed E-state index contributed by atoms with van der Waals surface area (Å²) in [5.74, 6) is -0.207. The molecule has 0 aliphatic heterocycles. The first-order valence-electron chi connectivity index (χ1n) is 7.16. The summed E-state index contributed by atoms with van der Waals surface area (Å²) in [5, 5.41) is 4.52. The van der Waals surface area contributed by atoms with Crippen LogP contribution >= 0.6 is 12.2 Å². The maximum Gasteiger partial charge on any atom is 0.418 e. The quantitative estimate of drug-likeness (QED) is 0.799. The van der Waals surface area contributed by atoms with E-state index in [1.165, 1.54) is 31.4 Å². The standard InChI is InChI=1S/C17H15F3N2O2S/c1-10-6-5-7-11(14(10)24-2)15(23)22-16(25)21-13-9-4-3-8-12(13)17(18,19)20/h3-9H,1-2H3,(H2,21,22,23,25). The number of methoxy groups -OCH3 is 1. The number of halogens is 3. The van der Waals surface area contributed by atoms with Crippen LogP contribution in [0.15, 0.2) is 42.5 Å². The van der Waals surface area contributed by atoms with Gasteiger partial charge in [-0.25, -0.2) is 0 Å². The third kappa shape index (κ3) is 4.48. The lowest BCUT2D eigenvalue weighted by molar-refractivity contribution is -0.136. The molecule has 0 aliphatic rings. The predicted octanol–water partition coefficient (Wildman–Crippen LogP) is 4.15. The zero-order valence-corrected chi connectivity index (χ0v) is 14.2. The van der Waals surface area contributed by atoms with Gasteiger partial charge >= 0.3 is 6.18 Å². The third-order valence-corrected chi connectivity index (χ3v) is 3.57. The molecule has 25 heavy (non-hydrogen) atoms. The summed E-state index contributed by atoms with van der Waals surface area (Å²) >= 11 is 4.96. The number of benzene rings is 2. The van der Waals surface area contributed by atoms with Crippen LogP contribution < -0.4 is 15.4 Å². The van der Waals surface area contributed by atoms with E-state index in [1.807, 2.05) is 0 Å². The second-order valence-electron chi connectivity index (χ2n) is 5.11. The fraction of sp³-hybridized carbons (Fsp3) is 0.176. The molecule has 0 fully saturated rings. The lowest BCUT2D eigenvalue weighted by Crippen LogP contribution is -2.35. The molecule has 0 saturated heterocycles. The van der Waals surface area contributed by atoms with Crippen LogP contribution in [0.1, 0.15) is 21.5 Å². The Morgan fingerprint density at radius 1 is 1.12 bits per heavy atom. The molecule has 0 atom stereocenters. The largest absolute Gasteiger partial charge is 0.496 e. The van der Waals surface area contributed by atoms with E-state index in [1.54, 1.807) is 19.1 Å². The number of thiocarbonyl (C=S) groups is 1. The van der Waals surface area contributed by atoms with Gasteiger partial charge in [0.1, 0.15) is 5.75 Å². The number of carbonyl (C=O) groups excluding carboxylic acids is 1. The van der Waals surface area contributed by atoms with Gasteiger partial charge in [0.25, 0.3) is 5.91 Å². The highest BCUT2D eigenvalue weighted by Crippen LogP contribution is 2.34. The Bertz CT molecular complexity index is 807. The second-order valence-corrected chi connectivity index (χ2v) is 5.52. The van der Waals surface area contributed by atoms with E-state index in [0.29, 0.717) is 5.75 Å². The van der Waals surface area contributed by atoms with Crippen molar-refractivity contribution in [2.45, 2.75) is 13.1 Å². The summed E-state index contributed by atoms with van der Waals surface area (Å²) in [5.41, 5.74) is -0.136. The summed E-state index contributed by atoms with van der Waals surface area (Å²) in [6.45, 7) is 1.77. The highest BCUT2D eigenvalue weighted by molar-refractivity contribution is 7.80. The molecule has 0 heterocycles. The van der Waals surface area contributed by atoms with Crippen LogP contribution in [0.3, 0.4) is 0 Å². The van der Waals surface area contributed by atoms with Crippen LogP contribution in [0.5, 0.6) is 5.75 Å². The number of carbonyl (C=O) groups is 1. The van der Waals surface area contributed by atoms with Crippen LogP contribution in [0.2, 0.25) is 0 Å². The number of aryl methyl sites for hydroxylation is 1. The number of ether oxygens (including phenoxy) is 1. The Morgan fingerprint density at radius 2 is 1.80 bits per heavy atom. The van der Waals surface area contributed by atoms with E-state index in [4.69, 9.17) is 17.0 Å². The monoisotopic (exact) mass is 368 g/mol. The average molecular weight is 368 g/mol. The fourth-order valence-electron chi connectivity index (χ4n) is 2.27. The Morgan fingerprint density at radius 3 is 2.44 bits per heavy atom. The van der Waals surface area contributed by atoms with Gasteiger partial charge in [-0.2, -0.15) is 13.2 Å². The molecule has 0 spiro atoms. The number of hydrogen-bond donors (Lipinski definition) is 2. The van der Waals surface area contributed by atoms with E-state index in [-0.39, 0.29) is 16.4 Å². The number of alkyl halides is 3. The average Bonchev–Trinajstić information content (AvgIpc) is 2.53. The number of rotatable bonds is 3. The van der Waals surface area contributed by atoms with Crippen molar-refractivity contribution in [1.29, 1.82) is 0 Å². The van der Waals surface area contributed by atoms with Crippen molar-refractivity contribution in [3.05, 3.63) is 59.2 Å². The molecular weight excluding hydrogens is 353 g/mol. The Hall–Kier alpha value is -2.61. The van der Waals surface area contributed by atoms with Crippen molar-refractivity contribution in [2.24, 2.45) is 0 Å². The molecule has 0 radical (unpaired) electrons. The normalized spacial score (nSPS) is 10.9. The molecule has 132 valence electrons. The van der Waals surface area contributed by atoms with Crippen LogP contribution in [-0.4, -0.2) is 18.1 Å². The van der Waals surface area contributed by atoms with Crippen molar-refractivity contribution in [3.63, 3.8) is 0 Å². The first kappa shape index (κ1) is 18.7. The second kappa shape index (κ2) is 7.52.